The fraction of sp³-hybridized carbons (Fsp3) is 0.240. The fourth-order valence-electron chi connectivity index (χ4n) is 3.01. The number of hydrogen-bond acceptors (Lipinski definition) is 2. The smallest absolute Gasteiger partial charge is 0.200 e. The van der Waals surface area contributed by atoms with Gasteiger partial charge < -0.3 is 4.90 Å². The average molecular weight is 449 g/mol. The molecule has 0 radical (unpaired) electrons. The second kappa shape index (κ2) is 11.5. The molecule has 3 aromatic rings. The minimum Gasteiger partial charge on any atom is -0.307 e. The summed E-state index contributed by atoms with van der Waals surface area (Å²) in [6.45, 7) is 1.79. The highest BCUT2D eigenvalue weighted by Gasteiger charge is 2.34. The molecule has 2 atom stereocenters. The van der Waals surface area contributed by atoms with Crippen LogP contribution in [0.1, 0.15) is 35.2 Å². The van der Waals surface area contributed by atoms with Crippen molar-refractivity contribution >= 4 is 5.78 Å². The number of benzene rings is 3. The molecule has 0 saturated heterocycles. The van der Waals surface area contributed by atoms with Crippen LogP contribution in [0.3, 0.4) is 0 Å². The predicted molar refractivity (Wildman–Crippen MR) is 114 cm³/mol. The molecule has 0 aromatic heterocycles. The minimum atomic E-state index is -2.28. The average Bonchev–Trinajstić information content (AvgIpc) is 2.81. The van der Waals surface area contributed by atoms with E-state index in [2.05, 4.69) is 0 Å². The van der Waals surface area contributed by atoms with Gasteiger partial charge in [0.1, 0.15) is 0 Å². The summed E-state index contributed by atoms with van der Waals surface area (Å²) < 4.78 is 68.4. The quantitative estimate of drug-likeness (QED) is 0.189. The molecule has 0 bridgehead atoms. The van der Waals surface area contributed by atoms with E-state index in [4.69, 9.17) is 0 Å². The van der Waals surface area contributed by atoms with Crippen molar-refractivity contribution in [3.05, 3.63) is 107 Å². The molecular formula is C25H24F5NO. The molecule has 0 fully saturated rings. The van der Waals surface area contributed by atoms with E-state index in [1.54, 1.807) is 56.3 Å². The first kappa shape index (κ1) is 25.2. The van der Waals surface area contributed by atoms with Gasteiger partial charge in [-0.3, -0.25) is 4.79 Å². The number of halogens is 5. The minimum absolute atomic E-state index is 0.148. The van der Waals surface area contributed by atoms with Crippen LogP contribution in [0.15, 0.2) is 66.7 Å². The molecule has 170 valence electrons. The zero-order valence-electron chi connectivity index (χ0n) is 18.0. The lowest BCUT2D eigenvalue weighted by molar-refractivity contribution is 0.0930. The second-order valence-corrected chi connectivity index (χ2v) is 7.48. The lowest BCUT2D eigenvalue weighted by atomic mass is 9.85. The van der Waals surface area contributed by atoms with E-state index in [-0.39, 0.29) is 12.5 Å². The Morgan fingerprint density at radius 3 is 1.50 bits per heavy atom. The summed E-state index contributed by atoms with van der Waals surface area (Å²) in [6, 6.07) is 19.9. The number of ketones is 1. The molecule has 32 heavy (non-hydrogen) atoms. The zero-order valence-corrected chi connectivity index (χ0v) is 18.0. The third-order valence-corrected chi connectivity index (χ3v) is 5.10. The largest absolute Gasteiger partial charge is 0.307 e. The Morgan fingerprint density at radius 1 is 0.719 bits per heavy atom. The van der Waals surface area contributed by atoms with Crippen LogP contribution in [0, 0.1) is 29.1 Å². The highest BCUT2D eigenvalue weighted by Crippen LogP contribution is 2.31. The van der Waals surface area contributed by atoms with Crippen molar-refractivity contribution in [2.45, 2.75) is 25.3 Å². The normalized spacial score (nSPS) is 12.7. The standard InChI is InChI=1S/C19H18F5NO.C6H6/c1-10(25(2)3)9-12(11-7-5-4-6-8-11)19(26)13-14(20)16(22)18(24)17(23)15(13)21;1-2-4-6-5-3-1/h4-8,10,12H,9H2,1-3H3;1-6H. The Hall–Kier alpha value is -3.06. The van der Waals surface area contributed by atoms with Crippen molar-refractivity contribution < 1.29 is 26.7 Å². The van der Waals surface area contributed by atoms with Crippen LogP contribution in [0.2, 0.25) is 0 Å². The molecule has 3 rings (SSSR count). The highest BCUT2D eigenvalue weighted by atomic mass is 19.2. The Kier molecular flexibility index (Phi) is 9.08. The topological polar surface area (TPSA) is 20.3 Å². The van der Waals surface area contributed by atoms with Crippen LogP contribution in [-0.2, 0) is 0 Å². The van der Waals surface area contributed by atoms with Crippen LogP contribution < -0.4 is 0 Å². The summed E-state index contributed by atoms with van der Waals surface area (Å²) in [6.07, 6.45) is 0.148. The van der Waals surface area contributed by atoms with Crippen LogP contribution >= 0.6 is 0 Å². The fourth-order valence-corrected chi connectivity index (χ4v) is 3.01. The zero-order chi connectivity index (χ0) is 23.8. The van der Waals surface area contributed by atoms with Crippen LogP contribution in [0.4, 0.5) is 22.0 Å². The molecule has 7 heteroatoms. The number of carbonyl (C=O) groups is 1. The first-order valence-electron chi connectivity index (χ1n) is 9.93. The van der Waals surface area contributed by atoms with Gasteiger partial charge in [0.2, 0.25) is 5.82 Å². The van der Waals surface area contributed by atoms with E-state index in [0.717, 1.165) is 0 Å². The van der Waals surface area contributed by atoms with Crippen LogP contribution in [0.25, 0.3) is 0 Å². The Bertz CT molecular complexity index is 970. The van der Waals surface area contributed by atoms with E-state index in [1.807, 2.05) is 36.4 Å². The summed E-state index contributed by atoms with van der Waals surface area (Å²) in [5, 5.41) is 0. The van der Waals surface area contributed by atoms with E-state index in [1.165, 1.54) is 0 Å². The van der Waals surface area contributed by atoms with E-state index < -0.39 is 46.4 Å². The molecule has 0 aliphatic carbocycles. The Labute approximate surface area is 184 Å². The molecule has 0 amide bonds. The number of Topliss-reactive ketones (excluding diaryl/α,β-unsaturated/α-hetero) is 1. The van der Waals surface area contributed by atoms with Gasteiger partial charge in [-0.2, -0.15) is 0 Å². The molecule has 3 aromatic carbocycles. The molecule has 0 spiro atoms. The second-order valence-electron chi connectivity index (χ2n) is 7.48. The number of rotatable bonds is 6. The van der Waals surface area contributed by atoms with Gasteiger partial charge in [0.05, 0.1) is 5.56 Å². The maximum absolute atomic E-state index is 14.1. The third kappa shape index (κ3) is 6.01. The number of hydrogen-bond donors (Lipinski definition) is 0. The van der Waals surface area contributed by atoms with Gasteiger partial charge in [-0.25, -0.2) is 22.0 Å². The first-order valence-corrected chi connectivity index (χ1v) is 9.93. The summed E-state index contributed by atoms with van der Waals surface area (Å²) in [4.78, 5) is 14.6. The van der Waals surface area contributed by atoms with Gasteiger partial charge in [0, 0.05) is 12.0 Å². The molecule has 2 nitrogen and oxygen atoms in total. The molecule has 0 aliphatic heterocycles. The van der Waals surface area contributed by atoms with E-state index in [0.29, 0.717) is 5.56 Å². The van der Waals surface area contributed by atoms with Gasteiger partial charge in [-0.15, -0.1) is 0 Å². The lowest BCUT2D eigenvalue weighted by Gasteiger charge is -2.25. The van der Waals surface area contributed by atoms with Crippen molar-refractivity contribution in [3.63, 3.8) is 0 Å². The molecule has 2 unspecified atom stereocenters. The highest BCUT2D eigenvalue weighted by molar-refractivity contribution is 6.01. The number of nitrogens with zero attached hydrogens (tertiary/aromatic N) is 1. The van der Waals surface area contributed by atoms with Crippen LogP contribution in [-0.4, -0.2) is 30.8 Å². The van der Waals surface area contributed by atoms with Gasteiger partial charge in [-0.05, 0) is 33.0 Å². The Morgan fingerprint density at radius 2 is 1.09 bits per heavy atom. The summed E-state index contributed by atoms with van der Waals surface area (Å²) in [5.74, 6) is -12.9. The van der Waals surface area contributed by atoms with Gasteiger partial charge in [0.15, 0.2) is 29.1 Å². The third-order valence-electron chi connectivity index (χ3n) is 5.10. The van der Waals surface area contributed by atoms with Crippen LogP contribution in [0.5, 0.6) is 0 Å². The van der Waals surface area contributed by atoms with Crippen molar-refractivity contribution in [1.82, 2.24) is 4.90 Å². The summed E-state index contributed by atoms with van der Waals surface area (Å²) >= 11 is 0. The van der Waals surface area contributed by atoms with E-state index in [9.17, 15) is 26.7 Å². The van der Waals surface area contributed by atoms with Gasteiger partial charge in [0.25, 0.3) is 0 Å². The van der Waals surface area contributed by atoms with Crippen molar-refractivity contribution in [1.29, 1.82) is 0 Å². The predicted octanol–water partition coefficient (Wildman–Crippen LogP) is 6.38. The molecule has 0 saturated carbocycles. The van der Waals surface area contributed by atoms with Crippen molar-refractivity contribution in [2.24, 2.45) is 0 Å². The molecular weight excluding hydrogens is 425 g/mol. The van der Waals surface area contributed by atoms with Crippen molar-refractivity contribution in [2.75, 3.05) is 14.1 Å². The monoisotopic (exact) mass is 449 g/mol. The van der Waals surface area contributed by atoms with Crippen molar-refractivity contribution in [3.8, 4) is 0 Å². The molecule has 0 N–H and O–H groups in total. The Balaban J connectivity index is 0.000000520. The SMILES string of the molecule is CC(CC(C(=O)c1c(F)c(F)c(F)c(F)c1F)c1ccccc1)N(C)C.c1ccccc1. The lowest BCUT2D eigenvalue weighted by Crippen LogP contribution is -2.30. The summed E-state index contributed by atoms with van der Waals surface area (Å²) in [7, 11) is 3.52. The van der Waals surface area contributed by atoms with E-state index >= 15 is 0 Å². The maximum atomic E-state index is 14.1. The van der Waals surface area contributed by atoms with Gasteiger partial charge in [-0.1, -0.05) is 66.7 Å². The maximum Gasteiger partial charge on any atom is 0.200 e. The first-order chi connectivity index (χ1) is 15.2. The summed E-state index contributed by atoms with van der Waals surface area (Å²) in [5.41, 5.74) is -0.962. The van der Waals surface area contributed by atoms with Gasteiger partial charge >= 0.3 is 0 Å². The molecule has 0 aliphatic rings. The number of carbonyl (C=O) groups excluding carboxylic acids is 1. The molecule has 0 heterocycles.